The zero-order valence-electron chi connectivity index (χ0n) is 53.2. The van der Waals surface area contributed by atoms with Crippen molar-refractivity contribution < 1.29 is 70.1 Å². The lowest BCUT2D eigenvalue weighted by Gasteiger charge is -2.39. The Morgan fingerprint density at radius 2 is 1.22 bits per heavy atom. The number of hydrogen-bond acceptors (Lipinski definition) is 20. The third-order valence-corrected chi connectivity index (χ3v) is 15.1. The number of hydrogen-bond donors (Lipinski definition) is 3. The number of amides is 1. The molecule has 0 saturated carbocycles. The molecule has 5 rings (SSSR count). The largest absolute Gasteiger partial charge is 0.460 e. The van der Waals surface area contributed by atoms with Crippen molar-refractivity contribution in [3.63, 3.8) is 0 Å². The minimum absolute atomic E-state index is 0.121. The van der Waals surface area contributed by atoms with Crippen LogP contribution in [0.15, 0.2) is 87.2 Å². The van der Waals surface area contributed by atoms with Gasteiger partial charge in [-0.3, -0.25) is 9.59 Å². The normalized spacial score (nSPS) is 13.9. The summed E-state index contributed by atoms with van der Waals surface area (Å²) in [6, 6.07) is 21.9. The van der Waals surface area contributed by atoms with Gasteiger partial charge in [-0.2, -0.15) is 9.57 Å². The van der Waals surface area contributed by atoms with Gasteiger partial charge in [0.25, 0.3) is 0 Å². The van der Waals surface area contributed by atoms with E-state index in [9.17, 15) is 23.3 Å². The van der Waals surface area contributed by atoms with E-state index in [1.807, 2.05) is 83.1 Å². The maximum Gasteiger partial charge on any atom is 0.308 e. The molecule has 2 aliphatic heterocycles. The number of sulfonamides is 1. The summed E-state index contributed by atoms with van der Waals surface area (Å²) < 4.78 is 89.4. The van der Waals surface area contributed by atoms with E-state index in [1.165, 1.54) is 4.31 Å². The van der Waals surface area contributed by atoms with Crippen LogP contribution in [0.2, 0.25) is 0 Å². The molecule has 2 heterocycles. The van der Waals surface area contributed by atoms with Crippen LogP contribution < -0.4 is 16.4 Å². The number of nitrogens with zero attached hydrogens (tertiary/aromatic N) is 6. The predicted octanol–water partition coefficient (Wildman–Crippen LogP) is 5.58. The van der Waals surface area contributed by atoms with Crippen LogP contribution in [0.25, 0.3) is 17.2 Å². The Kier molecular flexibility index (Phi) is 35.0. The van der Waals surface area contributed by atoms with Crippen molar-refractivity contribution in [2.45, 2.75) is 63.9 Å². The van der Waals surface area contributed by atoms with Crippen LogP contribution in [-0.2, 0) is 71.7 Å². The molecule has 0 radical (unpaired) electrons. The van der Waals surface area contributed by atoms with E-state index in [0.29, 0.717) is 218 Å². The van der Waals surface area contributed by atoms with Gasteiger partial charge in [0, 0.05) is 63.4 Å². The number of ether oxygens (including phenoxy) is 11. The summed E-state index contributed by atoms with van der Waals surface area (Å²) in [6.45, 7) is 19.9. The number of benzene rings is 3. The molecule has 25 heteroatoms. The molecule has 1 amide bonds. The Bertz CT molecular complexity index is 2800. The zero-order valence-corrected chi connectivity index (χ0v) is 54.0. The van der Waals surface area contributed by atoms with Crippen molar-refractivity contribution in [2.24, 2.45) is 21.6 Å². The fraction of sp³-hybridized carbons (Fsp3) is 0.609. The standard InChI is InChI=1S/C64H97N9O15S/c1-7-20-72(62(75)56-43-55-16-15-54(45-59(55)70-60(66)46-56)53-12-9-14-58(44-53)89(76,77)73-49-52(50-73)48-71(5)6)21-10-18-67-63(69-57-13-8-11-51(42-57)47-65)68-19-23-79-25-27-81-29-31-83-33-35-85-37-39-87-41-40-86-38-36-84-34-32-82-30-28-80-26-24-78-22-17-61(74)88-64(2,3)4/h8-9,11-16,42-45,52H,7,10,17-41,46,48-50H2,1-6H3,(H2,66,70)(H2,67,68,69). The van der Waals surface area contributed by atoms with Gasteiger partial charge in [-0.05, 0) is 107 Å². The Morgan fingerprint density at radius 3 is 1.76 bits per heavy atom. The topological polar surface area (TPSA) is 278 Å². The monoisotopic (exact) mass is 1260 g/mol. The number of carbonyl (C=O) groups is 2. The van der Waals surface area contributed by atoms with E-state index in [-0.39, 0.29) is 29.6 Å². The average Bonchev–Trinajstić information content (AvgIpc) is 2.09. The van der Waals surface area contributed by atoms with E-state index >= 15 is 0 Å². The summed E-state index contributed by atoms with van der Waals surface area (Å²) in [7, 11) is 0.338. The minimum Gasteiger partial charge on any atom is -0.460 e. The molecule has 0 aliphatic carbocycles. The van der Waals surface area contributed by atoms with E-state index in [2.05, 4.69) is 21.6 Å². The summed E-state index contributed by atoms with van der Waals surface area (Å²) in [5.41, 5.74) is 10.5. The van der Waals surface area contributed by atoms with E-state index in [1.54, 1.807) is 36.4 Å². The number of amidine groups is 1. The van der Waals surface area contributed by atoms with Gasteiger partial charge in [-0.15, -0.1) is 0 Å². The SMILES string of the molecule is CCCN(CCCN/C(=N/c1cccc(C#N)c1)NCCOCCOCCOCCOCCOCCOCCOCCOCCOCCOCCC(=O)OC(C)(C)C)C(=O)C1=Cc2ccc(-c3cccc(S(=O)(=O)N4CC(CN(C)C)C4)c3)cc2N=C(N)C1. The van der Waals surface area contributed by atoms with Crippen LogP contribution >= 0.6 is 0 Å². The summed E-state index contributed by atoms with van der Waals surface area (Å²) in [6.07, 6.45) is 3.61. The molecule has 2 aliphatic rings. The first-order valence-electron chi connectivity index (χ1n) is 30.8. The molecule has 494 valence electrons. The van der Waals surface area contributed by atoms with Gasteiger partial charge in [-0.25, -0.2) is 18.4 Å². The highest BCUT2D eigenvalue weighted by Gasteiger charge is 2.37. The molecule has 0 aromatic heterocycles. The molecule has 24 nitrogen and oxygen atoms in total. The van der Waals surface area contributed by atoms with Crippen LogP contribution in [0.4, 0.5) is 11.4 Å². The molecular formula is C64H97N9O15S. The first kappa shape index (κ1) is 73.8. The molecule has 3 aromatic rings. The number of carbonyl (C=O) groups excluding carboxylic acids is 2. The van der Waals surface area contributed by atoms with Crippen molar-refractivity contribution >= 4 is 51.1 Å². The number of fused-ring (bicyclic) bond motifs is 1. The lowest BCUT2D eigenvalue weighted by molar-refractivity contribution is -0.156. The van der Waals surface area contributed by atoms with Crippen LogP contribution in [-0.4, -0.2) is 244 Å². The van der Waals surface area contributed by atoms with Crippen LogP contribution in [0, 0.1) is 17.2 Å². The van der Waals surface area contributed by atoms with E-state index < -0.39 is 15.6 Å². The van der Waals surface area contributed by atoms with Gasteiger partial charge in [0.2, 0.25) is 15.9 Å². The molecule has 0 spiro atoms. The Labute approximate surface area is 527 Å². The van der Waals surface area contributed by atoms with Gasteiger partial charge in [0.1, 0.15) is 11.4 Å². The molecule has 4 N–H and O–H groups in total. The third-order valence-electron chi connectivity index (χ3n) is 13.3. The number of guanidine groups is 1. The quantitative estimate of drug-likeness (QED) is 0.0270. The van der Waals surface area contributed by atoms with Gasteiger partial charge in [0.05, 0.1) is 166 Å². The first-order chi connectivity index (χ1) is 43.0. The third kappa shape index (κ3) is 30.1. The highest BCUT2D eigenvalue weighted by molar-refractivity contribution is 7.89. The molecule has 0 bridgehead atoms. The fourth-order valence-electron chi connectivity index (χ4n) is 9.09. The minimum atomic E-state index is -3.64. The van der Waals surface area contributed by atoms with Crippen LogP contribution in [0.5, 0.6) is 0 Å². The van der Waals surface area contributed by atoms with Gasteiger partial charge in [-0.1, -0.05) is 37.3 Å². The zero-order chi connectivity index (χ0) is 64.0. The van der Waals surface area contributed by atoms with Crippen molar-refractivity contribution in [3.05, 3.63) is 83.4 Å². The smallest absolute Gasteiger partial charge is 0.308 e. The Balaban J connectivity index is 0.884. The Hall–Kier alpha value is -5.96. The molecular weight excluding hydrogens is 1170 g/mol. The van der Waals surface area contributed by atoms with Crippen molar-refractivity contribution in [1.82, 2.24) is 24.7 Å². The van der Waals surface area contributed by atoms with Crippen LogP contribution in [0.3, 0.4) is 0 Å². The van der Waals surface area contributed by atoms with Gasteiger partial charge < -0.3 is 78.3 Å². The highest BCUT2D eigenvalue weighted by Crippen LogP contribution is 2.34. The second-order valence-corrected chi connectivity index (χ2v) is 24.2. The molecule has 0 unspecified atom stereocenters. The highest BCUT2D eigenvalue weighted by atomic mass is 32.2. The number of nitrogens with one attached hydrogen (secondary N) is 2. The van der Waals surface area contributed by atoms with Crippen molar-refractivity contribution in [3.8, 4) is 17.2 Å². The number of aliphatic imine (C=N–C) groups is 2. The maximum atomic E-state index is 14.2. The fourth-order valence-corrected chi connectivity index (χ4v) is 10.7. The lowest BCUT2D eigenvalue weighted by atomic mass is 10.0. The molecule has 89 heavy (non-hydrogen) atoms. The van der Waals surface area contributed by atoms with Gasteiger partial charge in [0.15, 0.2) is 5.96 Å². The lowest BCUT2D eigenvalue weighted by Crippen LogP contribution is -2.52. The summed E-state index contributed by atoms with van der Waals surface area (Å²) in [5, 5.41) is 16.2. The van der Waals surface area contributed by atoms with Crippen LogP contribution in [0.1, 0.15) is 64.5 Å². The molecule has 0 atom stereocenters. The number of esters is 1. The van der Waals surface area contributed by atoms with E-state index in [0.717, 1.165) is 29.7 Å². The van der Waals surface area contributed by atoms with Crippen molar-refractivity contribution in [2.75, 3.05) is 192 Å². The number of rotatable bonds is 46. The van der Waals surface area contributed by atoms with Gasteiger partial charge >= 0.3 is 5.97 Å². The second kappa shape index (κ2) is 42.2. The summed E-state index contributed by atoms with van der Waals surface area (Å²) in [4.78, 5) is 39.5. The number of nitrogens with two attached hydrogens (primary N) is 1. The molecule has 1 saturated heterocycles. The molecule has 1 fully saturated rings. The summed E-state index contributed by atoms with van der Waals surface area (Å²) in [5.74, 6) is 0.719. The van der Waals surface area contributed by atoms with E-state index in [4.69, 9.17) is 67.8 Å². The van der Waals surface area contributed by atoms with Crippen molar-refractivity contribution in [1.29, 1.82) is 5.26 Å². The Morgan fingerprint density at radius 1 is 0.697 bits per heavy atom. The number of nitriles is 1. The molecule has 3 aromatic carbocycles. The average molecular weight is 1260 g/mol. The maximum absolute atomic E-state index is 14.2. The second-order valence-electron chi connectivity index (χ2n) is 22.3. The first-order valence-corrected chi connectivity index (χ1v) is 32.3. The predicted molar refractivity (Wildman–Crippen MR) is 341 cm³/mol. The summed E-state index contributed by atoms with van der Waals surface area (Å²) >= 11 is 0.